The molecule has 2 nitrogen and oxygen atoms in total. The number of nitrogens with two attached hydrogens (primary N) is 1. The monoisotopic (exact) mass is 238 g/mol. The number of piperidine rings is 1. The first-order chi connectivity index (χ1) is 8.29. The van der Waals surface area contributed by atoms with Gasteiger partial charge in [0, 0.05) is 6.54 Å². The summed E-state index contributed by atoms with van der Waals surface area (Å²) in [5, 5.41) is 0. The predicted octanol–water partition coefficient (Wildman–Crippen LogP) is 2.87. The fourth-order valence-corrected chi connectivity index (χ4v) is 3.66. The van der Waals surface area contributed by atoms with Crippen LogP contribution in [0.3, 0.4) is 0 Å². The summed E-state index contributed by atoms with van der Waals surface area (Å²) in [5.41, 5.74) is 5.67. The lowest BCUT2D eigenvalue weighted by molar-refractivity contribution is 0.0850. The lowest BCUT2D eigenvalue weighted by Gasteiger charge is -2.41. The summed E-state index contributed by atoms with van der Waals surface area (Å²) in [6, 6.07) is 0. The summed E-state index contributed by atoms with van der Waals surface area (Å²) in [6.45, 7) is 7.19. The van der Waals surface area contributed by atoms with E-state index in [1.807, 2.05) is 0 Å². The standard InChI is InChI=1S/C15H30N2/c1-13(11-16)5-4-9-17-10-8-14-6-2-3-7-15(14)12-17/h13-15H,2-12,16H2,1H3. The first-order valence-corrected chi connectivity index (χ1v) is 7.72. The Kier molecular flexibility index (Phi) is 5.30. The molecule has 2 rings (SSSR count). The molecule has 100 valence electrons. The average Bonchev–Trinajstić information content (AvgIpc) is 2.38. The Hall–Kier alpha value is -0.0800. The SMILES string of the molecule is CC(CN)CCCN1CCC2CCCCC2C1. The van der Waals surface area contributed by atoms with Gasteiger partial charge in [0.15, 0.2) is 0 Å². The Morgan fingerprint density at radius 1 is 1.18 bits per heavy atom. The highest BCUT2D eigenvalue weighted by Crippen LogP contribution is 2.36. The second kappa shape index (κ2) is 6.75. The van der Waals surface area contributed by atoms with Crippen molar-refractivity contribution < 1.29 is 0 Å². The van der Waals surface area contributed by atoms with Gasteiger partial charge >= 0.3 is 0 Å². The van der Waals surface area contributed by atoms with Crippen molar-refractivity contribution in [3.63, 3.8) is 0 Å². The van der Waals surface area contributed by atoms with E-state index in [4.69, 9.17) is 5.73 Å². The highest BCUT2D eigenvalue weighted by atomic mass is 15.1. The van der Waals surface area contributed by atoms with Gasteiger partial charge < -0.3 is 10.6 Å². The predicted molar refractivity (Wildman–Crippen MR) is 74.0 cm³/mol. The van der Waals surface area contributed by atoms with Crippen molar-refractivity contribution in [1.82, 2.24) is 4.90 Å². The number of nitrogens with zero attached hydrogens (tertiary/aromatic N) is 1. The number of hydrogen-bond donors (Lipinski definition) is 1. The van der Waals surface area contributed by atoms with E-state index in [1.54, 1.807) is 0 Å². The Balaban J connectivity index is 1.65. The third kappa shape index (κ3) is 3.96. The van der Waals surface area contributed by atoms with Gasteiger partial charge in [0.1, 0.15) is 0 Å². The van der Waals surface area contributed by atoms with Crippen molar-refractivity contribution in [2.24, 2.45) is 23.5 Å². The molecule has 0 aromatic carbocycles. The molecule has 2 heteroatoms. The zero-order valence-electron chi connectivity index (χ0n) is 11.5. The van der Waals surface area contributed by atoms with Gasteiger partial charge in [-0.05, 0) is 63.1 Å². The molecule has 17 heavy (non-hydrogen) atoms. The van der Waals surface area contributed by atoms with Gasteiger partial charge in [0.25, 0.3) is 0 Å². The van der Waals surface area contributed by atoms with Gasteiger partial charge in [-0.15, -0.1) is 0 Å². The van der Waals surface area contributed by atoms with E-state index >= 15 is 0 Å². The topological polar surface area (TPSA) is 29.3 Å². The molecule has 1 saturated carbocycles. The van der Waals surface area contributed by atoms with Crippen molar-refractivity contribution in [2.45, 2.75) is 51.9 Å². The second-order valence-corrected chi connectivity index (χ2v) is 6.38. The first kappa shape index (κ1) is 13.4. The third-order valence-electron chi connectivity index (χ3n) is 4.95. The van der Waals surface area contributed by atoms with E-state index < -0.39 is 0 Å². The quantitative estimate of drug-likeness (QED) is 0.798. The largest absolute Gasteiger partial charge is 0.330 e. The molecule has 0 radical (unpaired) electrons. The average molecular weight is 238 g/mol. The van der Waals surface area contributed by atoms with Crippen LogP contribution in [0.1, 0.15) is 51.9 Å². The molecule has 0 bridgehead atoms. The zero-order chi connectivity index (χ0) is 12.1. The first-order valence-electron chi connectivity index (χ1n) is 7.72. The van der Waals surface area contributed by atoms with Crippen LogP contribution in [-0.2, 0) is 0 Å². The maximum Gasteiger partial charge on any atom is 0.00123 e. The second-order valence-electron chi connectivity index (χ2n) is 6.38. The minimum absolute atomic E-state index is 0.710. The maximum absolute atomic E-state index is 5.67. The molecular weight excluding hydrogens is 208 g/mol. The number of rotatable bonds is 5. The van der Waals surface area contributed by atoms with Gasteiger partial charge in [0.2, 0.25) is 0 Å². The van der Waals surface area contributed by atoms with Crippen LogP contribution in [0.2, 0.25) is 0 Å². The van der Waals surface area contributed by atoms with Crippen LogP contribution in [0.5, 0.6) is 0 Å². The molecule has 1 aliphatic carbocycles. The number of hydrogen-bond acceptors (Lipinski definition) is 2. The van der Waals surface area contributed by atoms with E-state index in [2.05, 4.69) is 11.8 Å². The molecule has 1 heterocycles. The van der Waals surface area contributed by atoms with E-state index in [0.29, 0.717) is 5.92 Å². The Bertz CT molecular complexity index is 217. The minimum atomic E-state index is 0.710. The van der Waals surface area contributed by atoms with Gasteiger partial charge in [-0.3, -0.25) is 0 Å². The fraction of sp³-hybridized carbons (Fsp3) is 1.00. The van der Waals surface area contributed by atoms with Gasteiger partial charge in [-0.1, -0.05) is 26.2 Å². The van der Waals surface area contributed by atoms with Gasteiger partial charge in [0.05, 0.1) is 0 Å². The molecule has 2 aliphatic rings. The summed E-state index contributed by atoms with van der Waals surface area (Å²) in [5.74, 6) is 2.81. The van der Waals surface area contributed by atoms with Gasteiger partial charge in [-0.2, -0.15) is 0 Å². The van der Waals surface area contributed by atoms with Crippen molar-refractivity contribution in [3.05, 3.63) is 0 Å². The van der Waals surface area contributed by atoms with Crippen LogP contribution in [0.25, 0.3) is 0 Å². The Labute approximate surface area is 107 Å². The summed E-state index contributed by atoms with van der Waals surface area (Å²) < 4.78 is 0. The van der Waals surface area contributed by atoms with Crippen LogP contribution < -0.4 is 5.73 Å². The molecule has 0 amide bonds. The van der Waals surface area contributed by atoms with Crippen LogP contribution in [0.15, 0.2) is 0 Å². The van der Waals surface area contributed by atoms with Crippen molar-refractivity contribution in [2.75, 3.05) is 26.2 Å². The summed E-state index contributed by atoms with van der Waals surface area (Å²) in [7, 11) is 0. The number of fused-ring (bicyclic) bond motifs is 1. The lowest BCUT2D eigenvalue weighted by atomic mass is 9.75. The third-order valence-corrected chi connectivity index (χ3v) is 4.95. The molecule has 0 aromatic rings. The van der Waals surface area contributed by atoms with E-state index in [-0.39, 0.29) is 0 Å². The number of likely N-dealkylation sites (tertiary alicyclic amines) is 1. The Morgan fingerprint density at radius 3 is 2.71 bits per heavy atom. The highest BCUT2D eigenvalue weighted by molar-refractivity contribution is 4.83. The van der Waals surface area contributed by atoms with Crippen LogP contribution >= 0.6 is 0 Å². The van der Waals surface area contributed by atoms with E-state index in [9.17, 15) is 0 Å². The Morgan fingerprint density at radius 2 is 1.94 bits per heavy atom. The normalized spacial score (nSPS) is 32.1. The zero-order valence-corrected chi connectivity index (χ0v) is 11.5. The highest BCUT2D eigenvalue weighted by Gasteiger charge is 2.30. The van der Waals surface area contributed by atoms with E-state index in [0.717, 1.165) is 18.4 Å². The maximum atomic E-state index is 5.67. The molecule has 0 spiro atoms. The fourth-order valence-electron chi connectivity index (χ4n) is 3.66. The molecule has 3 unspecified atom stereocenters. The minimum Gasteiger partial charge on any atom is -0.330 e. The molecule has 3 atom stereocenters. The molecule has 2 fully saturated rings. The molecular formula is C15H30N2. The van der Waals surface area contributed by atoms with Crippen LogP contribution in [0.4, 0.5) is 0 Å². The molecule has 1 saturated heterocycles. The molecule has 0 aromatic heterocycles. The van der Waals surface area contributed by atoms with E-state index in [1.165, 1.54) is 64.6 Å². The molecule has 1 aliphatic heterocycles. The van der Waals surface area contributed by atoms with Crippen molar-refractivity contribution in [1.29, 1.82) is 0 Å². The lowest BCUT2D eigenvalue weighted by Crippen LogP contribution is -2.42. The van der Waals surface area contributed by atoms with Gasteiger partial charge in [-0.25, -0.2) is 0 Å². The molecule has 2 N–H and O–H groups in total. The van der Waals surface area contributed by atoms with Crippen molar-refractivity contribution in [3.8, 4) is 0 Å². The smallest absolute Gasteiger partial charge is 0.00123 e. The van der Waals surface area contributed by atoms with Crippen molar-refractivity contribution >= 4 is 0 Å². The summed E-state index contributed by atoms with van der Waals surface area (Å²) >= 11 is 0. The summed E-state index contributed by atoms with van der Waals surface area (Å²) in [6.07, 6.45) is 10.1. The van der Waals surface area contributed by atoms with Crippen LogP contribution in [0, 0.1) is 17.8 Å². The van der Waals surface area contributed by atoms with Crippen LogP contribution in [-0.4, -0.2) is 31.1 Å². The summed E-state index contributed by atoms with van der Waals surface area (Å²) in [4.78, 5) is 2.72.